The summed E-state index contributed by atoms with van der Waals surface area (Å²) in [6.45, 7) is 5.12. The number of hydrogen-bond acceptors (Lipinski definition) is 3. The van der Waals surface area contributed by atoms with E-state index in [1.54, 1.807) is 24.0 Å². The Kier molecular flexibility index (Phi) is 5.94. The number of hydrogen-bond donors (Lipinski definition) is 0. The van der Waals surface area contributed by atoms with E-state index in [0.29, 0.717) is 25.4 Å². The second-order valence-corrected chi connectivity index (χ2v) is 7.24. The van der Waals surface area contributed by atoms with Gasteiger partial charge >= 0.3 is 0 Å². The van der Waals surface area contributed by atoms with Gasteiger partial charge in [0.05, 0.1) is 17.6 Å². The molecule has 2 aromatic rings. The zero-order valence-corrected chi connectivity index (χ0v) is 16.3. The topological polar surface area (TPSA) is 38.8 Å². The second-order valence-electron chi connectivity index (χ2n) is 6.39. The van der Waals surface area contributed by atoms with Gasteiger partial charge in [-0.25, -0.2) is 4.39 Å². The first-order valence-electron chi connectivity index (χ1n) is 8.52. The Balaban J connectivity index is 1.65. The van der Waals surface area contributed by atoms with Crippen LogP contribution >= 0.6 is 15.9 Å². The average molecular weight is 422 g/mol. The molecule has 6 heteroatoms. The molecule has 26 heavy (non-hydrogen) atoms. The first-order valence-corrected chi connectivity index (χ1v) is 9.32. The van der Waals surface area contributed by atoms with Gasteiger partial charge in [0, 0.05) is 6.54 Å². The number of ether oxygens (including phenoxy) is 2. The van der Waals surface area contributed by atoms with Gasteiger partial charge in [-0.2, -0.15) is 0 Å². The van der Waals surface area contributed by atoms with Crippen LogP contribution in [-0.4, -0.2) is 36.6 Å². The quantitative estimate of drug-likeness (QED) is 0.739. The van der Waals surface area contributed by atoms with Gasteiger partial charge in [0.15, 0.2) is 6.10 Å². The molecule has 0 spiro atoms. The predicted molar refractivity (Wildman–Crippen MR) is 101 cm³/mol. The van der Waals surface area contributed by atoms with Crippen molar-refractivity contribution in [1.82, 2.24) is 4.90 Å². The number of carbonyl (C=O) groups excluding carboxylic acids is 1. The highest BCUT2D eigenvalue weighted by atomic mass is 79.9. The number of morpholine rings is 1. The molecule has 3 rings (SSSR count). The number of rotatable bonds is 4. The first kappa shape index (κ1) is 18.9. The molecule has 1 fully saturated rings. The van der Waals surface area contributed by atoms with E-state index < -0.39 is 6.10 Å². The Morgan fingerprint density at radius 3 is 2.73 bits per heavy atom. The van der Waals surface area contributed by atoms with E-state index in [4.69, 9.17) is 9.47 Å². The zero-order valence-electron chi connectivity index (χ0n) is 14.7. The van der Waals surface area contributed by atoms with Gasteiger partial charge in [0.2, 0.25) is 0 Å². The summed E-state index contributed by atoms with van der Waals surface area (Å²) >= 11 is 3.47. The summed E-state index contributed by atoms with van der Waals surface area (Å²) in [5, 5.41) is 0. The number of carbonyl (C=O) groups is 1. The SMILES string of the molecule is Cc1ccc(OC(C)C(=O)N2CCOC(c3ccc(F)cc3)C2)c(Br)c1. The van der Waals surface area contributed by atoms with E-state index in [0.717, 1.165) is 15.6 Å². The molecule has 0 N–H and O–H groups in total. The van der Waals surface area contributed by atoms with Crippen molar-refractivity contribution in [3.63, 3.8) is 0 Å². The monoisotopic (exact) mass is 421 g/mol. The fraction of sp³-hybridized carbons (Fsp3) is 0.350. The highest BCUT2D eigenvalue weighted by molar-refractivity contribution is 9.10. The predicted octanol–water partition coefficient (Wildman–Crippen LogP) is 4.26. The lowest BCUT2D eigenvalue weighted by Gasteiger charge is -2.34. The molecule has 0 bridgehead atoms. The molecule has 138 valence electrons. The van der Waals surface area contributed by atoms with Crippen molar-refractivity contribution in [2.45, 2.75) is 26.1 Å². The molecule has 1 heterocycles. The molecular formula is C20H21BrFNO3. The summed E-state index contributed by atoms with van der Waals surface area (Å²) in [6, 6.07) is 11.9. The third-order valence-corrected chi connectivity index (χ3v) is 4.98. The van der Waals surface area contributed by atoms with E-state index >= 15 is 0 Å². The van der Waals surface area contributed by atoms with E-state index in [2.05, 4.69) is 15.9 Å². The van der Waals surface area contributed by atoms with Gasteiger partial charge in [-0.1, -0.05) is 18.2 Å². The van der Waals surface area contributed by atoms with Crippen molar-refractivity contribution in [3.05, 3.63) is 63.9 Å². The molecule has 1 saturated heterocycles. The molecule has 1 aliphatic rings. The minimum Gasteiger partial charge on any atom is -0.480 e. The van der Waals surface area contributed by atoms with Crippen molar-refractivity contribution in [2.75, 3.05) is 19.7 Å². The Labute approximate surface area is 161 Å². The van der Waals surface area contributed by atoms with Crippen LogP contribution in [0.15, 0.2) is 46.9 Å². The fourth-order valence-electron chi connectivity index (χ4n) is 2.93. The van der Waals surface area contributed by atoms with E-state index in [1.807, 2.05) is 25.1 Å². The van der Waals surface area contributed by atoms with Gasteiger partial charge in [-0.3, -0.25) is 4.79 Å². The number of halogens is 2. The molecule has 0 radical (unpaired) electrons. The summed E-state index contributed by atoms with van der Waals surface area (Å²) in [5.41, 5.74) is 1.97. The van der Waals surface area contributed by atoms with Crippen LogP contribution in [0.5, 0.6) is 5.75 Å². The lowest BCUT2D eigenvalue weighted by molar-refractivity contribution is -0.145. The van der Waals surface area contributed by atoms with Crippen molar-refractivity contribution in [2.24, 2.45) is 0 Å². The van der Waals surface area contributed by atoms with Crippen LogP contribution in [0.1, 0.15) is 24.2 Å². The zero-order chi connectivity index (χ0) is 18.7. The standard InChI is InChI=1S/C20H21BrFNO3/c1-13-3-8-18(17(21)11-13)26-14(2)20(24)23-9-10-25-19(12-23)15-4-6-16(22)7-5-15/h3-8,11,14,19H,9-10,12H2,1-2H3. The van der Waals surface area contributed by atoms with Gasteiger partial charge in [-0.05, 0) is 65.2 Å². The van der Waals surface area contributed by atoms with Gasteiger partial charge in [0.25, 0.3) is 5.91 Å². The number of aryl methyl sites for hydroxylation is 1. The van der Waals surface area contributed by atoms with Crippen LogP contribution in [0.3, 0.4) is 0 Å². The Morgan fingerprint density at radius 1 is 1.31 bits per heavy atom. The summed E-state index contributed by atoms with van der Waals surface area (Å²) in [7, 11) is 0. The first-order chi connectivity index (χ1) is 12.4. The van der Waals surface area contributed by atoms with Crippen molar-refractivity contribution in [1.29, 1.82) is 0 Å². The maximum Gasteiger partial charge on any atom is 0.263 e. The molecule has 1 aliphatic heterocycles. The smallest absolute Gasteiger partial charge is 0.263 e. The maximum absolute atomic E-state index is 13.1. The molecular weight excluding hydrogens is 401 g/mol. The highest BCUT2D eigenvalue weighted by Gasteiger charge is 2.29. The molecule has 2 aromatic carbocycles. The third-order valence-electron chi connectivity index (χ3n) is 4.36. The van der Waals surface area contributed by atoms with Crippen LogP contribution in [0.4, 0.5) is 4.39 Å². The minimum atomic E-state index is -0.610. The molecule has 1 amide bonds. The van der Waals surface area contributed by atoms with E-state index in [-0.39, 0.29) is 17.8 Å². The Morgan fingerprint density at radius 2 is 2.04 bits per heavy atom. The van der Waals surface area contributed by atoms with E-state index in [1.165, 1.54) is 12.1 Å². The van der Waals surface area contributed by atoms with Crippen LogP contribution in [0, 0.1) is 12.7 Å². The largest absolute Gasteiger partial charge is 0.480 e. The summed E-state index contributed by atoms with van der Waals surface area (Å²) in [5.74, 6) is 0.260. The average Bonchev–Trinajstić information content (AvgIpc) is 2.64. The number of nitrogens with zero attached hydrogens (tertiary/aromatic N) is 1. The van der Waals surface area contributed by atoms with Crippen molar-refractivity contribution in [3.8, 4) is 5.75 Å². The van der Waals surface area contributed by atoms with Crippen LogP contribution in [-0.2, 0) is 9.53 Å². The lowest BCUT2D eigenvalue weighted by Crippen LogP contribution is -2.47. The van der Waals surface area contributed by atoms with Gasteiger partial charge in [-0.15, -0.1) is 0 Å². The van der Waals surface area contributed by atoms with Gasteiger partial charge in [0.1, 0.15) is 17.7 Å². The Hall–Kier alpha value is -1.92. The highest BCUT2D eigenvalue weighted by Crippen LogP contribution is 2.28. The third kappa shape index (κ3) is 4.43. The summed E-state index contributed by atoms with van der Waals surface area (Å²) in [4.78, 5) is 14.5. The summed E-state index contributed by atoms with van der Waals surface area (Å²) < 4.78 is 25.5. The molecule has 0 saturated carbocycles. The molecule has 2 unspecified atom stereocenters. The number of amides is 1. The van der Waals surface area contributed by atoms with Crippen LogP contribution < -0.4 is 4.74 Å². The normalized spacial score (nSPS) is 18.5. The summed E-state index contributed by atoms with van der Waals surface area (Å²) in [6.07, 6.45) is -0.868. The second kappa shape index (κ2) is 8.18. The Bertz CT molecular complexity index is 781. The van der Waals surface area contributed by atoms with Gasteiger partial charge < -0.3 is 14.4 Å². The molecule has 0 aliphatic carbocycles. The molecule has 0 aromatic heterocycles. The minimum absolute atomic E-state index is 0.0899. The van der Waals surface area contributed by atoms with Crippen molar-refractivity contribution < 1.29 is 18.7 Å². The van der Waals surface area contributed by atoms with Crippen LogP contribution in [0.2, 0.25) is 0 Å². The fourth-order valence-corrected chi connectivity index (χ4v) is 3.51. The maximum atomic E-state index is 13.1. The molecule has 2 atom stereocenters. The molecule has 4 nitrogen and oxygen atoms in total. The van der Waals surface area contributed by atoms with Crippen molar-refractivity contribution >= 4 is 21.8 Å². The van der Waals surface area contributed by atoms with Crippen LogP contribution in [0.25, 0.3) is 0 Å². The lowest BCUT2D eigenvalue weighted by atomic mass is 10.1. The van der Waals surface area contributed by atoms with E-state index in [9.17, 15) is 9.18 Å². The number of benzene rings is 2.